The summed E-state index contributed by atoms with van der Waals surface area (Å²) in [6, 6.07) is 11.6. The Balaban J connectivity index is 2.07. The van der Waals surface area contributed by atoms with Gasteiger partial charge in [-0.05, 0) is 41.8 Å². The van der Waals surface area contributed by atoms with E-state index < -0.39 is 5.97 Å². The van der Waals surface area contributed by atoms with Gasteiger partial charge in [0.2, 0.25) is 0 Å². The molecular weight excluding hydrogens is 310 g/mol. The van der Waals surface area contributed by atoms with Crippen LogP contribution in [0.2, 0.25) is 0 Å². The van der Waals surface area contributed by atoms with Gasteiger partial charge in [0.15, 0.2) is 0 Å². The minimum Gasteiger partial charge on any atom is -0.481 e. The third-order valence-corrected chi connectivity index (χ3v) is 4.66. The maximum Gasteiger partial charge on any atom is 0.303 e. The van der Waals surface area contributed by atoms with Gasteiger partial charge in [0.1, 0.15) is 0 Å². The first-order chi connectivity index (χ1) is 11.1. The second kappa shape index (κ2) is 8.48. The highest BCUT2D eigenvalue weighted by molar-refractivity contribution is 7.12. The summed E-state index contributed by atoms with van der Waals surface area (Å²) in [6.07, 6.45) is 1.91. The fraction of sp³-hybridized carbons (Fsp3) is 0.333. The quantitative estimate of drug-likeness (QED) is 0.778. The van der Waals surface area contributed by atoms with E-state index in [9.17, 15) is 9.59 Å². The van der Waals surface area contributed by atoms with Crippen LogP contribution in [0.5, 0.6) is 0 Å². The molecule has 0 fully saturated rings. The molecule has 0 aliphatic rings. The summed E-state index contributed by atoms with van der Waals surface area (Å²) >= 11 is 1.43. The highest BCUT2D eigenvalue weighted by Gasteiger charge is 2.18. The number of carboxylic acid groups (broad SMARTS) is 1. The molecule has 0 aliphatic carbocycles. The molecule has 2 aromatic rings. The Bertz CT molecular complexity index is 651. The molecule has 0 saturated carbocycles. The van der Waals surface area contributed by atoms with Gasteiger partial charge in [0, 0.05) is 12.5 Å². The fourth-order valence-corrected chi connectivity index (χ4v) is 3.38. The van der Waals surface area contributed by atoms with Gasteiger partial charge in [0.25, 0.3) is 5.91 Å². The molecular formula is C18H21NO3S. The molecule has 1 amide bonds. The van der Waals surface area contributed by atoms with Crippen molar-refractivity contribution in [3.05, 3.63) is 57.8 Å². The van der Waals surface area contributed by atoms with Crippen molar-refractivity contribution in [2.45, 2.75) is 38.6 Å². The van der Waals surface area contributed by atoms with Gasteiger partial charge < -0.3 is 10.4 Å². The van der Waals surface area contributed by atoms with Crippen LogP contribution in [0.15, 0.2) is 41.8 Å². The number of hydrogen-bond donors (Lipinski definition) is 2. The zero-order valence-electron chi connectivity index (χ0n) is 13.1. The topological polar surface area (TPSA) is 66.4 Å². The Kier molecular flexibility index (Phi) is 6.35. The zero-order valence-corrected chi connectivity index (χ0v) is 13.9. The molecule has 2 rings (SSSR count). The van der Waals surface area contributed by atoms with E-state index >= 15 is 0 Å². The number of carbonyl (C=O) groups is 2. The first kappa shape index (κ1) is 17.2. The fourth-order valence-electron chi connectivity index (χ4n) is 2.49. The second-order valence-corrected chi connectivity index (χ2v) is 6.34. The van der Waals surface area contributed by atoms with Crippen molar-refractivity contribution in [1.29, 1.82) is 0 Å². The van der Waals surface area contributed by atoms with Crippen LogP contribution in [0, 0.1) is 0 Å². The van der Waals surface area contributed by atoms with E-state index in [4.69, 9.17) is 5.11 Å². The Morgan fingerprint density at radius 1 is 1.22 bits per heavy atom. The molecule has 0 spiro atoms. The van der Waals surface area contributed by atoms with Gasteiger partial charge in [-0.2, -0.15) is 0 Å². The van der Waals surface area contributed by atoms with E-state index in [1.807, 2.05) is 48.7 Å². The number of carboxylic acids is 1. The summed E-state index contributed by atoms with van der Waals surface area (Å²) in [5, 5.41) is 13.8. The lowest BCUT2D eigenvalue weighted by Gasteiger charge is -2.18. The molecule has 23 heavy (non-hydrogen) atoms. The zero-order chi connectivity index (χ0) is 16.7. The number of benzene rings is 1. The van der Waals surface area contributed by atoms with Gasteiger partial charge in [-0.3, -0.25) is 9.59 Å². The maximum atomic E-state index is 12.5. The van der Waals surface area contributed by atoms with Crippen LogP contribution >= 0.6 is 11.3 Å². The average molecular weight is 331 g/mol. The Hall–Kier alpha value is -2.14. The highest BCUT2D eigenvalue weighted by atomic mass is 32.1. The van der Waals surface area contributed by atoms with Crippen LogP contribution < -0.4 is 5.32 Å². The average Bonchev–Trinajstić information content (AvgIpc) is 3.02. The van der Waals surface area contributed by atoms with Crippen LogP contribution in [0.25, 0.3) is 0 Å². The van der Waals surface area contributed by atoms with Gasteiger partial charge in [0.05, 0.1) is 4.88 Å². The van der Waals surface area contributed by atoms with E-state index in [-0.39, 0.29) is 18.4 Å². The highest BCUT2D eigenvalue weighted by Crippen LogP contribution is 2.18. The number of carbonyl (C=O) groups excluding carboxylic acids is 1. The molecule has 5 heteroatoms. The molecule has 4 nitrogen and oxygen atoms in total. The molecule has 2 N–H and O–H groups in total. The molecule has 122 valence electrons. The number of aryl methyl sites for hydroxylation is 1. The van der Waals surface area contributed by atoms with Crippen LogP contribution in [-0.4, -0.2) is 23.0 Å². The van der Waals surface area contributed by atoms with E-state index in [1.165, 1.54) is 11.3 Å². The van der Waals surface area contributed by atoms with Gasteiger partial charge in [-0.1, -0.05) is 37.3 Å². The predicted molar refractivity (Wildman–Crippen MR) is 92.0 cm³/mol. The van der Waals surface area contributed by atoms with E-state index in [2.05, 4.69) is 5.32 Å². The minimum absolute atomic E-state index is 0.0445. The van der Waals surface area contributed by atoms with Crippen molar-refractivity contribution in [2.75, 3.05) is 0 Å². The Morgan fingerprint density at radius 2 is 1.96 bits per heavy atom. The van der Waals surface area contributed by atoms with E-state index in [0.29, 0.717) is 12.8 Å². The number of nitrogens with one attached hydrogen (secondary N) is 1. The lowest BCUT2D eigenvalue weighted by Crippen LogP contribution is -2.36. The number of aliphatic carboxylic acids is 1. The van der Waals surface area contributed by atoms with Crippen molar-refractivity contribution in [3.8, 4) is 0 Å². The predicted octanol–water partition coefficient (Wildman–Crippen LogP) is 3.52. The Morgan fingerprint density at radius 3 is 2.61 bits per heavy atom. The molecule has 1 heterocycles. The Labute approximate surface area is 140 Å². The van der Waals surface area contributed by atoms with Crippen molar-refractivity contribution >= 4 is 23.2 Å². The molecule has 1 aromatic carbocycles. The van der Waals surface area contributed by atoms with E-state index in [0.717, 1.165) is 22.4 Å². The van der Waals surface area contributed by atoms with Crippen molar-refractivity contribution in [2.24, 2.45) is 0 Å². The van der Waals surface area contributed by atoms with Crippen molar-refractivity contribution in [3.63, 3.8) is 0 Å². The van der Waals surface area contributed by atoms with Crippen LogP contribution in [0.1, 0.15) is 40.6 Å². The third-order valence-electron chi connectivity index (χ3n) is 3.70. The number of hydrogen-bond acceptors (Lipinski definition) is 3. The molecule has 1 unspecified atom stereocenters. The first-order valence-corrected chi connectivity index (χ1v) is 8.61. The summed E-state index contributed by atoms with van der Waals surface area (Å²) in [4.78, 5) is 24.1. The van der Waals surface area contributed by atoms with Gasteiger partial charge in [-0.15, -0.1) is 11.3 Å². The summed E-state index contributed by atoms with van der Waals surface area (Å²) < 4.78 is 0. The van der Waals surface area contributed by atoms with Crippen LogP contribution in [0.3, 0.4) is 0 Å². The number of thiophene rings is 1. The molecule has 0 saturated heterocycles. The standard InChI is InChI=1S/C18H21NO3S/c1-2-14-10-11-23-17(14)18(22)19-15(8-9-16(20)21)12-13-6-4-3-5-7-13/h3-7,10-11,15H,2,8-9,12H2,1H3,(H,19,22)(H,20,21). The smallest absolute Gasteiger partial charge is 0.303 e. The van der Waals surface area contributed by atoms with Gasteiger partial charge >= 0.3 is 5.97 Å². The molecule has 0 bridgehead atoms. The SMILES string of the molecule is CCc1ccsc1C(=O)NC(CCC(=O)O)Cc1ccccc1. The van der Waals surface area contributed by atoms with Crippen molar-refractivity contribution < 1.29 is 14.7 Å². The van der Waals surface area contributed by atoms with Crippen LogP contribution in [-0.2, 0) is 17.6 Å². The lowest BCUT2D eigenvalue weighted by atomic mass is 10.0. The normalized spacial score (nSPS) is 11.9. The molecule has 1 aromatic heterocycles. The summed E-state index contributed by atoms with van der Waals surface area (Å²) in [5.41, 5.74) is 2.12. The third kappa shape index (κ3) is 5.21. The van der Waals surface area contributed by atoms with Crippen molar-refractivity contribution in [1.82, 2.24) is 5.32 Å². The summed E-state index contributed by atoms with van der Waals surface area (Å²) in [5.74, 6) is -0.953. The molecule has 1 atom stereocenters. The largest absolute Gasteiger partial charge is 0.481 e. The molecule has 0 radical (unpaired) electrons. The van der Waals surface area contributed by atoms with Crippen LogP contribution in [0.4, 0.5) is 0 Å². The molecule has 0 aliphatic heterocycles. The summed E-state index contributed by atoms with van der Waals surface area (Å²) in [7, 11) is 0. The van der Waals surface area contributed by atoms with Gasteiger partial charge in [-0.25, -0.2) is 0 Å². The maximum absolute atomic E-state index is 12.5. The monoisotopic (exact) mass is 331 g/mol. The number of amides is 1. The summed E-state index contributed by atoms with van der Waals surface area (Å²) in [6.45, 7) is 2.02. The lowest BCUT2D eigenvalue weighted by molar-refractivity contribution is -0.137. The first-order valence-electron chi connectivity index (χ1n) is 7.73. The minimum atomic E-state index is -0.845. The van der Waals surface area contributed by atoms with E-state index in [1.54, 1.807) is 0 Å². The second-order valence-electron chi connectivity index (χ2n) is 5.42. The number of rotatable bonds is 8.